The van der Waals surface area contributed by atoms with E-state index in [-0.39, 0.29) is 6.54 Å². The molecule has 0 fully saturated rings. The molecule has 0 radical (unpaired) electrons. The van der Waals surface area contributed by atoms with E-state index in [0.717, 1.165) is 22.0 Å². The zero-order valence-corrected chi connectivity index (χ0v) is 17.8. The Bertz CT molecular complexity index is 1230. The van der Waals surface area contributed by atoms with Gasteiger partial charge >= 0.3 is 0 Å². The molecule has 0 N–H and O–H groups in total. The van der Waals surface area contributed by atoms with Gasteiger partial charge in [0, 0.05) is 19.3 Å². The predicted octanol–water partition coefficient (Wildman–Crippen LogP) is 4.49. The molecular formula is C24H25N3O2S. The average Bonchev–Trinajstić information content (AvgIpc) is 3.24. The molecule has 0 spiro atoms. The topological polar surface area (TPSA) is 55.2 Å². The maximum Gasteiger partial charge on any atom is 0.243 e. The maximum absolute atomic E-state index is 13.6. The molecule has 4 aromatic rings. The van der Waals surface area contributed by atoms with E-state index in [1.54, 1.807) is 22.6 Å². The number of rotatable bonds is 8. The molecule has 0 atom stereocenters. The van der Waals surface area contributed by atoms with Crippen molar-refractivity contribution in [2.24, 2.45) is 0 Å². The van der Waals surface area contributed by atoms with Crippen molar-refractivity contribution < 1.29 is 8.42 Å². The molecule has 30 heavy (non-hydrogen) atoms. The minimum atomic E-state index is -3.67. The van der Waals surface area contributed by atoms with E-state index in [9.17, 15) is 8.42 Å². The molecule has 0 unspecified atom stereocenters. The van der Waals surface area contributed by atoms with Crippen LogP contribution in [0.1, 0.15) is 18.2 Å². The number of sulfonamides is 1. The Kier molecular flexibility index (Phi) is 5.97. The van der Waals surface area contributed by atoms with Crippen LogP contribution in [0.5, 0.6) is 0 Å². The van der Waals surface area contributed by atoms with E-state index in [1.807, 2.05) is 78.3 Å². The lowest BCUT2D eigenvalue weighted by atomic mass is 10.1. The number of hydrogen-bond acceptors (Lipinski definition) is 3. The van der Waals surface area contributed by atoms with Crippen LogP contribution in [0.2, 0.25) is 0 Å². The van der Waals surface area contributed by atoms with Crippen LogP contribution < -0.4 is 0 Å². The van der Waals surface area contributed by atoms with Crippen molar-refractivity contribution >= 4 is 20.8 Å². The summed E-state index contributed by atoms with van der Waals surface area (Å²) >= 11 is 0. The van der Waals surface area contributed by atoms with Crippen molar-refractivity contribution in [3.8, 4) is 0 Å². The van der Waals surface area contributed by atoms with E-state index >= 15 is 0 Å². The highest BCUT2D eigenvalue weighted by molar-refractivity contribution is 7.89. The molecule has 1 aromatic heterocycles. The summed E-state index contributed by atoms with van der Waals surface area (Å²) in [6, 6.07) is 25.0. The molecule has 5 nitrogen and oxygen atoms in total. The van der Waals surface area contributed by atoms with Gasteiger partial charge in [-0.2, -0.15) is 9.40 Å². The van der Waals surface area contributed by atoms with Gasteiger partial charge in [-0.3, -0.25) is 4.68 Å². The Balaban J connectivity index is 1.68. The Hall–Kier alpha value is -2.96. The fraction of sp³-hybridized carbons (Fsp3) is 0.208. The predicted molar refractivity (Wildman–Crippen MR) is 120 cm³/mol. The van der Waals surface area contributed by atoms with Crippen LogP contribution in [0.3, 0.4) is 0 Å². The van der Waals surface area contributed by atoms with Gasteiger partial charge in [0.2, 0.25) is 10.0 Å². The normalized spacial score (nSPS) is 11.9. The van der Waals surface area contributed by atoms with Gasteiger partial charge in [-0.25, -0.2) is 8.42 Å². The molecular weight excluding hydrogens is 394 g/mol. The fourth-order valence-electron chi connectivity index (χ4n) is 3.62. The summed E-state index contributed by atoms with van der Waals surface area (Å²) < 4.78 is 30.6. The van der Waals surface area contributed by atoms with Crippen LogP contribution in [0, 0.1) is 0 Å². The molecule has 6 heteroatoms. The van der Waals surface area contributed by atoms with E-state index in [4.69, 9.17) is 0 Å². The molecule has 0 aliphatic heterocycles. The Labute approximate surface area is 177 Å². The zero-order valence-electron chi connectivity index (χ0n) is 17.0. The van der Waals surface area contributed by atoms with Crippen LogP contribution in [0.4, 0.5) is 0 Å². The van der Waals surface area contributed by atoms with E-state index < -0.39 is 10.0 Å². The van der Waals surface area contributed by atoms with Crippen molar-refractivity contribution in [2.75, 3.05) is 6.54 Å². The molecule has 3 aromatic carbocycles. The first-order chi connectivity index (χ1) is 14.6. The SMILES string of the molecule is CCn1nccc1CN(CCc1ccccc1)S(=O)(=O)c1ccc2ccccc2c1. The number of hydrogen-bond donors (Lipinski definition) is 0. The second kappa shape index (κ2) is 8.81. The van der Waals surface area contributed by atoms with E-state index in [0.29, 0.717) is 24.4 Å². The minimum absolute atomic E-state index is 0.288. The van der Waals surface area contributed by atoms with Crippen LogP contribution in [-0.4, -0.2) is 29.0 Å². The third-order valence-corrected chi connectivity index (χ3v) is 7.13. The molecule has 0 aliphatic carbocycles. The average molecular weight is 420 g/mol. The molecule has 1 heterocycles. The monoisotopic (exact) mass is 419 g/mol. The van der Waals surface area contributed by atoms with Gasteiger partial charge in [0.1, 0.15) is 0 Å². The van der Waals surface area contributed by atoms with Crippen LogP contribution in [0.15, 0.2) is 90.0 Å². The van der Waals surface area contributed by atoms with Gasteiger partial charge in [0.25, 0.3) is 0 Å². The summed E-state index contributed by atoms with van der Waals surface area (Å²) in [6.07, 6.45) is 2.37. The van der Waals surface area contributed by atoms with Gasteiger partial charge in [-0.1, -0.05) is 60.7 Å². The van der Waals surface area contributed by atoms with Crippen LogP contribution in [0.25, 0.3) is 10.8 Å². The van der Waals surface area contributed by atoms with Crippen LogP contribution in [-0.2, 0) is 29.5 Å². The van der Waals surface area contributed by atoms with Crippen molar-refractivity contribution in [1.82, 2.24) is 14.1 Å². The van der Waals surface area contributed by atoms with E-state index in [1.165, 1.54) is 0 Å². The van der Waals surface area contributed by atoms with Crippen LogP contribution >= 0.6 is 0 Å². The highest BCUT2D eigenvalue weighted by Crippen LogP contribution is 2.23. The smallest absolute Gasteiger partial charge is 0.243 e. The van der Waals surface area contributed by atoms with Gasteiger partial charge in [-0.15, -0.1) is 0 Å². The third kappa shape index (κ3) is 4.30. The molecule has 154 valence electrons. The maximum atomic E-state index is 13.6. The Morgan fingerprint density at radius 1 is 0.900 bits per heavy atom. The van der Waals surface area contributed by atoms with Gasteiger partial charge in [-0.05, 0) is 47.9 Å². The number of nitrogens with zero attached hydrogens (tertiary/aromatic N) is 3. The van der Waals surface area contributed by atoms with Crippen molar-refractivity contribution in [3.05, 3.63) is 96.3 Å². The fourth-order valence-corrected chi connectivity index (χ4v) is 5.07. The summed E-state index contributed by atoms with van der Waals surface area (Å²) in [7, 11) is -3.67. The summed E-state index contributed by atoms with van der Waals surface area (Å²) in [5.41, 5.74) is 2.00. The first kappa shape index (κ1) is 20.3. The number of benzene rings is 3. The lowest BCUT2D eigenvalue weighted by molar-refractivity contribution is 0.394. The van der Waals surface area contributed by atoms with Crippen molar-refractivity contribution in [2.45, 2.75) is 31.3 Å². The molecule has 0 amide bonds. The summed E-state index contributed by atoms with van der Waals surface area (Å²) in [5.74, 6) is 0. The Morgan fingerprint density at radius 2 is 1.63 bits per heavy atom. The second-order valence-electron chi connectivity index (χ2n) is 7.22. The minimum Gasteiger partial charge on any atom is -0.269 e. The largest absolute Gasteiger partial charge is 0.269 e. The quantitative estimate of drug-likeness (QED) is 0.423. The summed E-state index contributed by atoms with van der Waals surface area (Å²) in [5, 5.41) is 6.24. The highest BCUT2D eigenvalue weighted by Gasteiger charge is 2.26. The number of aryl methyl sites for hydroxylation is 1. The van der Waals surface area contributed by atoms with Crippen molar-refractivity contribution in [3.63, 3.8) is 0 Å². The van der Waals surface area contributed by atoms with E-state index in [2.05, 4.69) is 5.10 Å². The summed E-state index contributed by atoms with van der Waals surface area (Å²) in [4.78, 5) is 0.317. The molecule has 0 bridgehead atoms. The first-order valence-corrected chi connectivity index (χ1v) is 11.6. The lowest BCUT2D eigenvalue weighted by Gasteiger charge is -2.23. The first-order valence-electron chi connectivity index (χ1n) is 10.1. The van der Waals surface area contributed by atoms with Gasteiger partial charge < -0.3 is 0 Å². The standard InChI is InChI=1S/C24H25N3O2S/c1-2-27-23(14-16-25-27)19-26(17-15-20-8-4-3-5-9-20)30(28,29)24-13-12-21-10-6-7-11-22(21)18-24/h3-14,16,18H,2,15,17,19H2,1H3. The Morgan fingerprint density at radius 3 is 2.40 bits per heavy atom. The number of fused-ring (bicyclic) bond motifs is 1. The molecule has 0 aliphatic rings. The molecule has 4 rings (SSSR count). The zero-order chi connectivity index (χ0) is 21.0. The highest BCUT2D eigenvalue weighted by atomic mass is 32.2. The van der Waals surface area contributed by atoms with Gasteiger partial charge in [0.15, 0.2) is 0 Å². The molecule has 0 saturated carbocycles. The third-order valence-electron chi connectivity index (χ3n) is 5.29. The molecule has 0 saturated heterocycles. The lowest BCUT2D eigenvalue weighted by Crippen LogP contribution is -2.33. The second-order valence-corrected chi connectivity index (χ2v) is 9.16. The van der Waals surface area contributed by atoms with Crippen molar-refractivity contribution in [1.29, 1.82) is 0 Å². The van der Waals surface area contributed by atoms with Gasteiger partial charge in [0.05, 0.1) is 17.1 Å². The summed E-state index contributed by atoms with van der Waals surface area (Å²) in [6.45, 7) is 3.39. The number of aromatic nitrogens is 2.